The monoisotopic (exact) mass is 408 g/mol. The Morgan fingerprint density at radius 1 is 1.03 bits per heavy atom. The molecule has 3 amide bonds. The van der Waals surface area contributed by atoms with Gasteiger partial charge in [0.05, 0.1) is 17.2 Å². The molecule has 7 heteroatoms. The summed E-state index contributed by atoms with van der Waals surface area (Å²) in [4.78, 5) is 38.5. The van der Waals surface area contributed by atoms with Gasteiger partial charge < -0.3 is 14.8 Å². The van der Waals surface area contributed by atoms with E-state index in [-0.39, 0.29) is 36.7 Å². The number of rotatable bonds is 6. The number of hydrogen-bond donors (Lipinski definition) is 1. The molecule has 0 radical (unpaired) electrons. The SMILES string of the molecule is Cc1ccc2c(c1)C(=O)N(CCCC(=O)NC(C)c1ccc3c(c1)OCCO3)C2=O. The van der Waals surface area contributed by atoms with Crippen molar-refractivity contribution >= 4 is 17.7 Å². The van der Waals surface area contributed by atoms with Crippen molar-refractivity contribution < 1.29 is 23.9 Å². The Bertz CT molecular complexity index is 1020. The zero-order chi connectivity index (χ0) is 21.3. The molecule has 30 heavy (non-hydrogen) atoms. The molecule has 2 aliphatic heterocycles. The predicted molar refractivity (Wildman–Crippen MR) is 110 cm³/mol. The van der Waals surface area contributed by atoms with Crippen molar-refractivity contribution in [2.75, 3.05) is 19.8 Å². The number of nitrogens with one attached hydrogen (secondary N) is 1. The molecule has 0 saturated carbocycles. The van der Waals surface area contributed by atoms with Gasteiger partial charge >= 0.3 is 0 Å². The molecule has 0 fully saturated rings. The third kappa shape index (κ3) is 3.87. The lowest BCUT2D eigenvalue weighted by Crippen LogP contribution is -2.32. The number of carbonyl (C=O) groups is 3. The van der Waals surface area contributed by atoms with E-state index < -0.39 is 0 Å². The van der Waals surface area contributed by atoms with Crippen molar-refractivity contribution in [1.29, 1.82) is 0 Å². The minimum atomic E-state index is -0.292. The zero-order valence-electron chi connectivity index (χ0n) is 17.1. The van der Waals surface area contributed by atoms with Gasteiger partial charge in [-0.2, -0.15) is 0 Å². The number of imide groups is 1. The largest absolute Gasteiger partial charge is 0.486 e. The Kier molecular flexibility index (Phi) is 5.44. The van der Waals surface area contributed by atoms with Crippen LogP contribution in [0.2, 0.25) is 0 Å². The lowest BCUT2D eigenvalue weighted by Gasteiger charge is -2.21. The van der Waals surface area contributed by atoms with Crippen LogP contribution in [0.25, 0.3) is 0 Å². The van der Waals surface area contributed by atoms with Gasteiger partial charge in [0.1, 0.15) is 13.2 Å². The van der Waals surface area contributed by atoms with Crippen LogP contribution in [0.15, 0.2) is 36.4 Å². The summed E-state index contributed by atoms with van der Waals surface area (Å²) in [5, 5.41) is 2.95. The normalized spacial score (nSPS) is 15.7. The highest BCUT2D eigenvalue weighted by molar-refractivity contribution is 6.21. The van der Waals surface area contributed by atoms with E-state index in [1.165, 1.54) is 4.90 Å². The standard InChI is InChI=1S/C23H24N2O5/c1-14-5-7-17-18(12-14)23(28)25(22(17)27)9-3-4-21(26)24-15(2)16-6-8-19-20(13-16)30-11-10-29-19/h5-8,12-13,15H,3-4,9-11H2,1-2H3,(H,24,26). The Morgan fingerprint density at radius 3 is 2.57 bits per heavy atom. The van der Waals surface area contributed by atoms with Gasteiger partial charge in [0.2, 0.25) is 5.91 Å². The average Bonchev–Trinajstić information content (AvgIpc) is 2.97. The molecule has 0 spiro atoms. The molecule has 7 nitrogen and oxygen atoms in total. The van der Waals surface area contributed by atoms with E-state index in [0.29, 0.717) is 42.3 Å². The van der Waals surface area contributed by atoms with E-state index in [1.54, 1.807) is 12.1 Å². The first-order valence-electron chi connectivity index (χ1n) is 10.1. The van der Waals surface area contributed by atoms with Gasteiger partial charge in [0.15, 0.2) is 11.5 Å². The zero-order valence-corrected chi connectivity index (χ0v) is 17.1. The molecule has 156 valence electrons. The number of benzene rings is 2. The maximum Gasteiger partial charge on any atom is 0.261 e. The van der Waals surface area contributed by atoms with Crippen molar-refractivity contribution in [2.24, 2.45) is 0 Å². The second-order valence-electron chi connectivity index (χ2n) is 7.61. The topological polar surface area (TPSA) is 84.9 Å². The summed E-state index contributed by atoms with van der Waals surface area (Å²) < 4.78 is 11.1. The van der Waals surface area contributed by atoms with Gasteiger partial charge in [-0.3, -0.25) is 19.3 Å². The third-order valence-corrected chi connectivity index (χ3v) is 5.36. The van der Waals surface area contributed by atoms with Crippen molar-refractivity contribution in [3.8, 4) is 11.5 Å². The molecular formula is C23H24N2O5. The van der Waals surface area contributed by atoms with Gasteiger partial charge in [-0.15, -0.1) is 0 Å². The number of nitrogens with zero attached hydrogens (tertiary/aromatic N) is 1. The fraction of sp³-hybridized carbons (Fsp3) is 0.348. The summed E-state index contributed by atoms with van der Waals surface area (Å²) in [6.07, 6.45) is 0.630. The number of aryl methyl sites for hydroxylation is 1. The first-order chi connectivity index (χ1) is 14.4. The van der Waals surface area contributed by atoms with E-state index in [4.69, 9.17) is 9.47 Å². The van der Waals surface area contributed by atoms with Crippen molar-refractivity contribution in [1.82, 2.24) is 10.2 Å². The van der Waals surface area contributed by atoms with Crippen LogP contribution < -0.4 is 14.8 Å². The van der Waals surface area contributed by atoms with Gasteiger partial charge in [0.25, 0.3) is 11.8 Å². The van der Waals surface area contributed by atoms with Crippen molar-refractivity contribution in [2.45, 2.75) is 32.7 Å². The molecule has 0 saturated heterocycles. The summed E-state index contributed by atoms with van der Waals surface area (Å²) in [5.74, 6) is 0.675. The minimum Gasteiger partial charge on any atom is -0.486 e. The van der Waals surface area contributed by atoms with E-state index in [2.05, 4.69) is 5.32 Å². The van der Waals surface area contributed by atoms with Crippen LogP contribution in [0.1, 0.15) is 57.7 Å². The van der Waals surface area contributed by atoms with Gasteiger partial charge in [-0.05, 0) is 50.1 Å². The molecule has 1 N–H and O–H groups in total. The Morgan fingerprint density at radius 2 is 1.77 bits per heavy atom. The summed E-state index contributed by atoms with van der Waals surface area (Å²) >= 11 is 0. The maximum atomic E-state index is 12.5. The summed E-state index contributed by atoms with van der Waals surface area (Å²) in [7, 11) is 0. The lowest BCUT2D eigenvalue weighted by atomic mass is 10.1. The van der Waals surface area contributed by atoms with Crippen LogP contribution in [-0.2, 0) is 4.79 Å². The average molecular weight is 408 g/mol. The Hall–Kier alpha value is -3.35. The van der Waals surface area contributed by atoms with Crippen LogP contribution >= 0.6 is 0 Å². The first kappa shape index (κ1) is 19.9. The number of carbonyl (C=O) groups excluding carboxylic acids is 3. The van der Waals surface area contributed by atoms with E-state index in [9.17, 15) is 14.4 Å². The molecule has 0 aliphatic carbocycles. The Labute approximate surface area is 175 Å². The van der Waals surface area contributed by atoms with Crippen LogP contribution in [-0.4, -0.2) is 42.4 Å². The molecule has 2 aliphatic rings. The molecule has 2 aromatic carbocycles. The summed E-state index contributed by atoms with van der Waals surface area (Å²) in [5.41, 5.74) is 2.73. The molecule has 2 heterocycles. The summed E-state index contributed by atoms with van der Waals surface area (Å²) in [6.45, 7) is 5.04. The fourth-order valence-corrected chi connectivity index (χ4v) is 3.73. The number of amides is 3. The van der Waals surface area contributed by atoms with Gasteiger partial charge in [-0.25, -0.2) is 0 Å². The van der Waals surface area contributed by atoms with Gasteiger partial charge in [0, 0.05) is 13.0 Å². The highest BCUT2D eigenvalue weighted by Crippen LogP contribution is 2.32. The molecular weight excluding hydrogens is 384 g/mol. The molecule has 0 aromatic heterocycles. The molecule has 4 rings (SSSR count). The number of ether oxygens (including phenoxy) is 2. The first-order valence-corrected chi connectivity index (χ1v) is 10.1. The van der Waals surface area contributed by atoms with Crippen LogP contribution in [0.4, 0.5) is 0 Å². The van der Waals surface area contributed by atoms with E-state index >= 15 is 0 Å². The number of hydrogen-bond acceptors (Lipinski definition) is 5. The molecule has 1 unspecified atom stereocenters. The van der Waals surface area contributed by atoms with E-state index in [1.807, 2.05) is 38.1 Å². The third-order valence-electron chi connectivity index (χ3n) is 5.36. The quantitative estimate of drug-likeness (QED) is 0.743. The second kappa shape index (κ2) is 8.18. The predicted octanol–water partition coefficient (Wildman–Crippen LogP) is 3.02. The van der Waals surface area contributed by atoms with E-state index in [0.717, 1.165) is 11.1 Å². The second-order valence-corrected chi connectivity index (χ2v) is 7.61. The fourth-order valence-electron chi connectivity index (χ4n) is 3.73. The minimum absolute atomic E-state index is 0.134. The van der Waals surface area contributed by atoms with Crippen LogP contribution in [0.5, 0.6) is 11.5 Å². The lowest BCUT2D eigenvalue weighted by molar-refractivity contribution is -0.121. The van der Waals surface area contributed by atoms with Gasteiger partial charge in [-0.1, -0.05) is 17.7 Å². The molecule has 1 atom stereocenters. The number of fused-ring (bicyclic) bond motifs is 2. The molecule has 0 bridgehead atoms. The van der Waals surface area contributed by atoms with Crippen molar-refractivity contribution in [3.63, 3.8) is 0 Å². The molecule has 2 aromatic rings. The smallest absolute Gasteiger partial charge is 0.261 e. The highest BCUT2D eigenvalue weighted by atomic mass is 16.6. The summed E-state index contributed by atoms with van der Waals surface area (Å²) in [6, 6.07) is 10.7. The van der Waals surface area contributed by atoms with Crippen LogP contribution in [0.3, 0.4) is 0 Å². The maximum absolute atomic E-state index is 12.5. The highest BCUT2D eigenvalue weighted by Gasteiger charge is 2.35. The van der Waals surface area contributed by atoms with Crippen LogP contribution in [0, 0.1) is 6.92 Å². The van der Waals surface area contributed by atoms with Crippen molar-refractivity contribution in [3.05, 3.63) is 58.7 Å². The Balaban J connectivity index is 1.29.